The molecule has 144 valence electrons. The molecule has 27 heavy (non-hydrogen) atoms. The van der Waals surface area contributed by atoms with Crippen molar-refractivity contribution in [2.45, 2.75) is 38.9 Å². The lowest BCUT2D eigenvalue weighted by Crippen LogP contribution is -2.41. The van der Waals surface area contributed by atoms with Crippen molar-refractivity contribution < 1.29 is 8.82 Å². The minimum atomic E-state index is -1.77. The van der Waals surface area contributed by atoms with Gasteiger partial charge in [-0.05, 0) is 42.4 Å². The summed E-state index contributed by atoms with van der Waals surface area (Å²) in [6.45, 7) is 12.3. The number of para-hydroxylation sites is 1. The highest BCUT2D eigenvalue weighted by molar-refractivity contribution is 6.74. The molecule has 0 atom stereocenters. The lowest BCUT2D eigenvalue weighted by Gasteiger charge is -2.36. The zero-order chi connectivity index (χ0) is 19.7. The number of rotatable bonds is 6. The van der Waals surface area contributed by atoms with Crippen LogP contribution in [-0.4, -0.2) is 26.0 Å². The van der Waals surface area contributed by atoms with Gasteiger partial charge < -0.3 is 14.3 Å². The molecule has 3 nitrogen and oxygen atoms in total. The Kier molecular flexibility index (Phi) is 5.45. The fourth-order valence-corrected chi connectivity index (χ4v) is 3.86. The number of anilines is 1. The maximum Gasteiger partial charge on any atom is 0.192 e. The SMILES string of the molecule is CC(C)(C)[Si](C)(C)OCCNc1cc2ccn(-c3ccccc3)c2cc1F. The van der Waals surface area contributed by atoms with Gasteiger partial charge in [0.25, 0.3) is 0 Å². The van der Waals surface area contributed by atoms with Gasteiger partial charge >= 0.3 is 0 Å². The van der Waals surface area contributed by atoms with Crippen molar-refractivity contribution >= 4 is 24.9 Å². The van der Waals surface area contributed by atoms with Gasteiger partial charge in [-0.2, -0.15) is 0 Å². The largest absolute Gasteiger partial charge is 0.415 e. The average Bonchev–Trinajstić information content (AvgIpc) is 3.01. The Hall–Kier alpha value is -2.11. The summed E-state index contributed by atoms with van der Waals surface area (Å²) in [6.07, 6.45) is 1.98. The molecule has 0 radical (unpaired) electrons. The molecule has 0 amide bonds. The average molecular weight is 385 g/mol. The van der Waals surface area contributed by atoms with Crippen molar-refractivity contribution in [2.24, 2.45) is 0 Å². The van der Waals surface area contributed by atoms with Crippen LogP contribution in [0.25, 0.3) is 16.6 Å². The summed E-state index contributed by atoms with van der Waals surface area (Å²) < 4.78 is 22.8. The number of fused-ring (bicyclic) bond motifs is 1. The summed E-state index contributed by atoms with van der Waals surface area (Å²) in [5.41, 5.74) is 2.41. The van der Waals surface area contributed by atoms with Crippen LogP contribution in [0.4, 0.5) is 10.1 Å². The summed E-state index contributed by atoms with van der Waals surface area (Å²) >= 11 is 0. The summed E-state index contributed by atoms with van der Waals surface area (Å²) in [5, 5.41) is 4.38. The number of nitrogens with one attached hydrogen (secondary N) is 1. The minimum Gasteiger partial charge on any atom is -0.415 e. The van der Waals surface area contributed by atoms with Crippen LogP contribution in [0.1, 0.15) is 20.8 Å². The van der Waals surface area contributed by atoms with Gasteiger partial charge in [0.05, 0.1) is 17.8 Å². The molecule has 0 aliphatic heterocycles. The van der Waals surface area contributed by atoms with Gasteiger partial charge in [0.2, 0.25) is 0 Å². The van der Waals surface area contributed by atoms with E-state index in [4.69, 9.17) is 4.43 Å². The molecule has 2 aromatic carbocycles. The molecule has 0 unspecified atom stereocenters. The Morgan fingerprint density at radius 2 is 1.78 bits per heavy atom. The first-order chi connectivity index (χ1) is 12.7. The van der Waals surface area contributed by atoms with Crippen LogP contribution in [0, 0.1) is 5.82 Å². The van der Waals surface area contributed by atoms with Gasteiger partial charge in [0.1, 0.15) is 5.82 Å². The van der Waals surface area contributed by atoms with Crippen molar-refractivity contribution in [1.29, 1.82) is 0 Å². The maximum absolute atomic E-state index is 14.6. The van der Waals surface area contributed by atoms with Gasteiger partial charge in [-0.1, -0.05) is 39.0 Å². The second kappa shape index (κ2) is 7.48. The lowest BCUT2D eigenvalue weighted by molar-refractivity contribution is 0.301. The monoisotopic (exact) mass is 384 g/mol. The molecule has 3 aromatic rings. The lowest BCUT2D eigenvalue weighted by atomic mass is 10.2. The van der Waals surface area contributed by atoms with Crippen molar-refractivity contribution in [1.82, 2.24) is 4.57 Å². The molecule has 5 heteroatoms. The molecule has 0 aliphatic carbocycles. The van der Waals surface area contributed by atoms with Crippen molar-refractivity contribution in [3.8, 4) is 5.69 Å². The number of benzene rings is 2. The Bertz CT molecular complexity index is 913. The molecule has 1 N–H and O–H groups in total. The van der Waals surface area contributed by atoms with E-state index in [1.165, 1.54) is 0 Å². The van der Waals surface area contributed by atoms with Crippen molar-refractivity contribution in [3.05, 3.63) is 60.5 Å². The van der Waals surface area contributed by atoms with Gasteiger partial charge in [-0.3, -0.25) is 0 Å². The quantitative estimate of drug-likeness (QED) is 0.404. The van der Waals surface area contributed by atoms with Crippen LogP contribution in [0.2, 0.25) is 18.1 Å². The fourth-order valence-electron chi connectivity index (χ4n) is 2.81. The second-order valence-corrected chi connectivity index (χ2v) is 13.3. The zero-order valence-electron chi connectivity index (χ0n) is 16.8. The number of nitrogens with zero attached hydrogens (tertiary/aromatic N) is 1. The van der Waals surface area contributed by atoms with Gasteiger partial charge in [-0.25, -0.2) is 4.39 Å². The van der Waals surface area contributed by atoms with Gasteiger partial charge in [0, 0.05) is 29.9 Å². The highest BCUT2D eigenvalue weighted by Crippen LogP contribution is 2.36. The molecule has 3 rings (SSSR count). The van der Waals surface area contributed by atoms with Gasteiger partial charge in [-0.15, -0.1) is 0 Å². The number of aromatic nitrogens is 1. The number of halogens is 1. The predicted molar refractivity (Wildman–Crippen MR) is 115 cm³/mol. The van der Waals surface area contributed by atoms with E-state index in [9.17, 15) is 4.39 Å². The number of hydrogen-bond donors (Lipinski definition) is 1. The Balaban J connectivity index is 1.71. The maximum atomic E-state index is 14.6. The summed E-state index contributed by atoms with van der Waals surface area (Å²) in [5.74, 6) is -0.245. The third kappa shape index (κ3) is 4.25. The molecule has 1 aromatic heterocycles. The number of hydrogen-bond acceptors (Lipinski definition) is 2. The van der Waals surface area contributed by atoms with E-state index in [2.05, 4.69) is 39.2 Å². The summed E-state index contributed by atoms with van der Waals surface area (Å²) in [7, 11) is -1.77. The van der Waals surface area contributed by atoms with E-state index < -0.39 is 8.32 Å². The third-order valence-corrected chi connectivity index (χ3v) is 10.0. The van der Waals surface area contributed by atoms with Crippen LogP contribution >= 0.6 is 0 Å². The van der Waals surface area contributed by atoms with Crippen molar-refractivity contribution in [2.75, 3.05) is 18.5 Å². The van der Waals surface area contributed by atoms with E-state index in [0.29, 0.717) is 18.8 Å². The zero-order valence-corrected chi connectivity index (χ0v) is 17.8. The van der Waals surface area contributed by atoms with Crippen LogP contribution in [0.3, 0.4) is 0 Å². The van der Waals surface area contributed by atoms with Crippen LogP contribution < -0.4 is 5.32 Å². The molecule has 0 spiro atoms. The van der Waals surface area contributed by atoms with E-state index in [1.54, 1.807) is 6.07 Å². The van der Waals surface area contributed by atoms with Crippen molar-refractivity contribution in [3.63, 3.8) is 0 Å². The minimum absolute atomic E-state index is 0.178. The van der Waals surface area contributed by atoms with E-state index >= 15 is 0 Å². The molecule has 0 fully saturated rings. The smallest absolute Gasteiger partial charge is 0.192 e. The van der Waals surface area contributed by atoms with Crippen LogP contribution in [0.5, 0.6) is 0 Å². The van der Waals surface area contributed by atoms with E-state index in [0.717, 1.165) is 16.6 Å². The molecular weight excluding hydrogens is 355 g/mol. The molecule has 0 saturated carbocycles. The highest BCUT2D eigenvalue weighted by Gasteiger charge is 2.36. The Morgan fingerprint density at radius 3 is 2.44 bits per heavy atom. The first-order valence-corrected chi connectivity index (χ1v) is 12.3. The molecular formula is C22H29FN2OSi. The molecule has 0 saturated heterocycles. The fraction of sp³-hybridized carbons (Fsp3) is 0.364. The standard InChI is InChI=1S/C22H29FN2OSi/c1-22(2,3)27(4,5)26-14-12-24-20-15-17-11-13-25(21(17)16-19(20)23)18-9-7-6-8-10-18/h6-11,13,15-16,24H,12,14H2,1-5H3. The first-order valence-electron chi connectivity index (χ1n) is 9.43. The highest BCUT2D eigenvalue weighted by atomic mass is 28.4. The first kappa shape index (κ1) is 19.6. The second-order valence-electron chi connectivity index (χ2n) is 8.45. The molecule has 0 bridgehead atoms. The third-order valence-electron chi connectivity index (χ3n) is 5.50. The van der Waals surface area contributed by atoms with Gasteiger partial charge in [0.15, 0.2) is 8.32 Å². The van der Waals surface area contributed by atoms with Crippen LogP contribution in [-0.2, 0) is 4.43 Å². The summed E-state index contributed by atoms with van der Waals surface area (Å²) in [6, 6.07) is 15.5. The van der Waals surface area contributed by atoms with E-state index in [-0.39, 0.29) is 10.9 Å². The Labute approximate surface area is 162 Å². The summed E-state index contributed by atoms with van der Waals surface area (Å²) in [4.78, 5) is 0. The predicted octanol–water partition coefficient (Wildman–Crippen LogP) is 6.20. The Morgan fingerprint density at radius 1 is 1.07 bits per heavy atom. The van der Waals surface area contributed by atoms with E-state index in [1.807, 2.05) is 53.2 Å². The normalized spacial score (nSPS) is 12.5. The topological polar surface area (TPSA) is 26.2 Å². The van der Waals surface area contributed by atoms with Crippen LogP contribution in [0.15, 0.2) is 54.7 Å². The molecule has 0 aliphatic rings. The molecule has 1 heterocycles.